The molecule has 1 aromatic heterocycles. The van der Waals surface area contributed by atoms with Gasteiger partial charge in [0.25, 0.3) is 5.91 Å². The van der Waals surface area contributed by atoms with Crippen LogP contribution in [0.5, 0.6) is 0 Å². The SMILES string of the molecule is CCOC(=O)C[C@@H](C)[C@H](NC(=O)c1ccncc1)C(N)=O. The molecule has 0 aliphatic rings. The average molecular weight is 293 g/mol. The quantitative estimate of drug-likeness (QED) is 0.700. The molecular formula is C14H19N3O4. The molecule has 0 aliphatic heterocycles. The van der Waals surface area contributed by atoms with Crippen molar-refractivity contribution < 1.29 is 19.1 Å². The van der Waals surface area contributed by atoms with Crippen LogP contribution >= 0.6 is 0 Å². The fourth-order valence-electron chi connectivity index (χ4n) is 1.82. The summed E-state index contributed by atoms with van der Waals surface area (Å²) in [6.45, 7) is 3.61. The van der Waals surface area contributed by atoms with E-state index in [1.165, 1.54) is 24.5 Å². The summed E-state index contributed by atoms with van der Waals surface area (Å²) in [6, 6.07) is 2.09. The minimum atomic E-state index is -0.949. The number of nitrogens with zero attached hydrogens (tertiary/aromatic N) is 1. The minimum Gasteiger partial charge on any atom is -0.466 e. The summed E-state index contributed by atoms with van der Waals surface area (Å²) in [4.78, 5) is 38.7. The van der Waals surface area contributed by atoms with Crippen LogP contribution in [-0.4, -0.2) is 35.4 Å². The zero-order valence-electron chi connectivity index (χ0n) is 12.0. The predicted molar refractivity (Wildman–Crippen MR) is 75.1 cm³/mol. The Labute approximate surface area is 122 Å². The number of esters is 1. The molecule has 3 N–H and O–H groups in total. The molecule has 0 radical (unpaired) electrons. The number of carbonyl (C=O) groups is 3. The molecule has 0 unspecified atom stereocenters. The van der Waals surface area contributed by atoms with Gasteiger partial charge in [-0.15, -0.1) is 0 Å². The number of carbonyl (C=O) groups excluding carboxylic acids is 3. The number of aromatic nitrogens is 1. The number of nitrogens with two attached hydrogens (primary N) is 1. The molecule has 1 aromatic rings. The molecule has 0 aliphatic carbocycles. The molecule has 2 atom stereocenters. The predicted octanol–water partition coefficient (Wildman–Crippen LogP) is 0.255. The highest BCUT2D eigenvalue weighted by Crippen LogP contribution is 2.10. The highest BCUT2D eigenvalue weighted by atomic mass is 16.5. The van der Waals surface area contributed by atoms with Gasteiger partial charge in [-0.1, -0.05) is 6.92 Å². The van der Waals surface area contributed by atoms with Gasteiger partial charge in [0, 0.05) is 18.0 Å². The summed E-state index contributed by atoms with van der Waals surface area (Å²) in [7, 11) is 0. The summed E-state index contributed by atoms with van der Waals surface area (Å²) < 4.78 is 4.82. The van der Waals surface area contributed by atoms with Crippen LogP contribution < -0.4 is 11.1 Å². The van der Waals surface area contributed by atoms with Crippen molar-refractivity contribution in [2.75, 3.05) is 6.61 Å². The number of primary amides is 1. The fraction of sp³-hybridized carbons (Fsp3) is 0.429. The Bertz CT molecular complexity index is 504. The fourth-order valence-corrected chi connectivity index (χ4v) is 1.82. The summed E-state index contributed by atoms with van der Waals surface area (Å²) in [5.41, 5.74) is 5.66. The first-order chi connectivity index (χ1) is 9.95. The van der Waals surface area contributed by atoms with Crippen molar-refractivity contribution in [2.24, 2.45) is 11.7 Å². The molecule has 7 heteroatoms. The molecule has 0 spiro atoms. The van der Waals surface area contributed by atoms with Crippen LogP contribution in [-0.2, 0) is 14.3 Å². The molecule has 0 saturated carbocycles. The minimum absolute atomic E-state index is 0.00191. The van der Waals surface area contributed by atoms with Gasteiger partial charge in [0.15, 0.2) is 0 Å². The van der Waals surface area contributed by atoms with Crippen molar-refractivity contribution in [1.82, 2.24) is 10.3 Å². The van der Waals surface area contributed by atoms with Crippen LogP contribution in [0.2, 0.25) is 0 Å². The largest absolute Gasteiger partial charge is 0.466 e. The number of nitrogens with one attached hydrogen (secondary N) is 1. The van der Waals surface area contributed by atoms with Crippen molar-refractivity contribution >= 4 is 17.8 Å². The van der Waals surface area contributed by atoms with Gasteiger partial charge in [-0.05, 0) is 25.0 Å². The monoisotopic (exact) mass is 293 g/mol. The first-order valence-electron chi connectivity index (χ1n) is 6.61. The Kier molecular flexibility index (Phi) is 6.32. The van der Waals surface area contributed by atoms with E-state index in [2.05, 4.69) is 10.3 Å². The maximum Gasteiger partial charge on any atom is 0.306 e. The van der Waals surface area contributed by atoms with E-state index in [0.717, 1.165) is 0 Å². The van der Waals surface area contributed by atoms with E-state index in [4.69, 9.17) is 10.5 Å². The average Bonchev–Trinajstić information content (AvgIpc) is 2.45. The van der Waals surface area contributed by atoms with Crippen LogP contribution in [0, 0.1) is 5.92 Å². The molecule has 2 amide bonds. The van der Waals surface area contributed by atoms with E-state index < -0.39 is 29.7 Å². The molecule has 0 aromatic carbocycles. The standard InChI is InChI=1S/C14H19N3O4/c1-3-21-11(18)8-9(2)12(13(15)19)17-14(20)10-4-6-16-7-5-10/h4-7,9,12H,3,8H2,1-2H3,(H2,15,19)(H,17,20)/t9-,12+/m1/s1. The van der Waals surface area contributed by atoms with Crippen LogP contribution in [0.15, 0.2) is 24.5 Å². The second-order valence-corrected chi connectivity index (χ2v) is 4.58. The first kappa shape index (κ1) is 16.6. The molecule has 7 nitrogen and oxygen atoms in total. The number of hydrogen-bond donors (Lipinski definition) is 2. The second kappa shape index (κ2) is 7.98. The summed E-state index contributed by atoms with van der Waals surface area (Å²) in [5, 5.41) is 2.53. The van der Waals surface area contributed by atoms with Gasteiger partial charge in [0.1, 0.15) is 6.04 Å². The molecule has 0 fully saturated rings. The van der Waals surface area contributed by atoms with Gasteiger partial charge in [-0.25, -0.2) is 0 Å². The third-order valence-electron chi connectivity index (χ3n) is 2.90. The van der Waals surface area contributed by atoms with E-state index in [9.17, 15) is 14.4 Å². The number of ether oxygens (including phenoxy) is 1. The first-order valence-corrected chi connectivity index (χ1v) is 6.61. The van der Waals surface area contributed by atoms with E-state index in [-0.39, 0.29) is 13.0 Å². The summed E-state index contributed by atoms with van der Waals surface area (Å²) in [5.74, 6) is -2.05. The highest BCUT2D eigenvalue weighted by molar-refractivity contribution is 5.97. The van der Waals surface area contributed by atoms with E-state index >= 15 is 0 Å². The molecule has 0 bridgehead atoms. The molecule has 1 heterocycles. The Morgan fingerprint density at radius 1 is 1.33 bits per heavy atom. The van der Waals surface area contributed by atoms with Crippen LogP contribution in [0.4, 0.5) is 0 Å². The number of hydrogen-bond acceptors (Lipinski definition) is 5. The van der Waals surface area contributed by atoms with E-state index in [0.29, 0.717) is 5.56 Å². The molecule has 114 valence electrons. The Morgan fingerprint density at radius 3 is 2.48 bits per heavy atom. The number of amides is 2. The zero-order chi connectivity index (χ0) is 15.8. The van der Waals surface area contributed by atoms with Gasteiger partial charge in [0.05, 0.1) is 13.0 Å². The number of rotatable bonds is 7. The summed E-state index contributed by atoms with van der Waals surface area (Å²) in [6.07, 6.45) is 2.94. The highest BCUT2D eigenvalue weighted by Gasteiger charge is 2.27. The maximum atomic E-state index is 12.0. The van der Waals surface area contributed by atoms with Gasteiger partial charge < -0.3 is 15.8 Å². The molecular weight excluding hydrogens is 274 g/mol. The smallest absolute Gasteiger partial charge is 0.306 e. The van der Waals surface area contributed by atoms with Crippen molar-refractivity contribution in [1.29, 1.82) is 0 Å². The molecule has 0 saturated heterocycles. The third kappa shape index (κ3) is 5.21. The number of pyridine rings is 1. The van der Waals surface area contributed by atoms with Crippen LogP contribution in [0.25, 0.3) is 0 Å². The van der Waals surface area contributed by atoms with Crippen LogP contribution in [0.3, 0.4) is 0 Å². The molecule has 21 heavy (non-hydrogen) atoms. The van der Waals surface area contributed by atoms with Gasteiger partial charge >= 0.3 is 5.97 Å². The van der Waals surface area contributed by atoms with Crippen molar-refractivity contribution in [3.8, 4) is 0 Å². The van der Waals surface area contributed by atoms with Crippen molar-refractivity contribution in [2.45, 2.75) is 26.3 Å². The topological polar surface area (TPSA) is 111 Å². The second-order valence-electron chi connectivity index (χ2n) is 4.58. The maximum absolute atomic E-state index is 12.0. The van der Waals surface area contributed by atoms with Crippen LogP contribution in [0.1, 0.15) is 30.6 Å². The van der Waals surface area contributed by atoms with Crippen molar-refractivity contribution in [3.63, 3.8) is 0 Å². The van der Waals surface area contributed by atoms with E-state index in [1.807, 2.05) is 0 Å². The van der Waals surface area contributed by atoms with Gasteiger partial charge in [0.2, 0.25) is 5.91 Å². The van der Waals surface area contributed by atoms with Gasteiger partial charge in [-0.3, -0.25) is 19.4 Å². The summed E-state index contributed by atoms with van der Waals surface area (Å²) >= 11 is 0. The normalized spacial score (nSPS) is 13.0. The third-order valence-corrected chi connectivity index (χ3v) is 2.90. The van der Waals surface area contributed by atoms with Gasteiger partial charge in [-0.2, -0.15) is 0 Å². The zero-order valence-corrected chi connectivity index (χ0v) is 12.0. The lowest BCUT2D eigenvalue weighted by atomic mass is 9.97. The lowest BCUT2D eigenvalue weighted by Crippen LogP contribution is -2.49. The Hall–Kier alpha value is -2.44. The Balaban J connectivity index is 2.71. The van der Waals surface area contributed by atoms with E-state index in [1.54, 1.807) is 13.8 Å². The lowest BCUT2D eigenvalue weighted by molar-refractivity contribution is -0.144. The lowest BCUT2D eigenvalue weighted by Gasteiger charge is -2.21. The Morgan fingerprint density at radius 2 is 1.95 bits per heavy atom. The van der Waals surface area contributed by atoms with Crippen molar-refractivity contribution in [3.05, 3.63) is 30.1 Å². The molecule has 1 rings (SSSR count).